The molecular weight excluding hydrogens is 342 g/mol. The highest BCUT2D eigenvalue weighted by atomic mass is 32.2. The molecule has 0 bridgehead atoms. The van der Waals surface area contributed by atoms with Crippen LogP contribution in [0, 0.1) is 0 Å². The van der Waals surface area contributed by atoms with Gasteiger partial charge in [0.05, 0.1) is 24.7 Å². The minimum atomic E-state index is -3.32. The number of rotatable bonds is 5. The minimum absolute atomic E-state index is 0.114. The molecule has 0 aliphatic carbocycles. The topological polar surface area (TPSA) is 85.6 Å². The zero-order valence-electron chi connectivity index (χ0n) is 13.8. The van der Waals surface area contributed by atoms with Gasteiger partial charge in [0, 0.05) is 29.0 Å². The fraction of sp³-hybridized carbons (Fsp3) is 0.167. The van der Waals surface area contributed by atoms with E-state index < -0.39 is 9.84 Å². The van der Waals surface area contributed by atoms with Crippen molar-refractivity contribution < 1.29 is 22.4 Å². The van der Waals surface area contributed by atoms with Gasteiger partial charge in [0.25, 0.3) is 0 Å². The van der Waals surface area contributed by atoms with E-state index in [4.69, 9.17) is 9.15 Å². The maximum atomic E-state index is 12.3. The summed E-state index contributed by atoms with van der Waals surface area (Å²) in [5.41, 5.74) is 1.82. The molecule has 0 saturated heterocycles. The van der Waals surface area contributed by atoms with Crippen LogP contribution < -0.4 is 10.1 Å². The Morgan fingerprint density at radius 2 is 2.00 bits per heavy atom. The Bertz CT molecular complexity index is 1040. The number of hydrogen-bond acceptors (Lipinski definition) is 5. The van der Waals surface area contributed by atoms with E-state index in [0.717, 1.165) is 17.2 Å². The number of carbonyl (C=O) groups excluding carboxylic acids is 1. The van der Waals surface area contributed by atoms with Crippen LogP contribution in [0.25, 0.3) is 11.0 Å². The molecule has 0 fully saturated rings. The molecule has 1 aromatic heterocycles. The maximum absolute atomic E-state index is 12.3. The second-order valence-electron chi connectivity index (χ2n) is 5.65. The summed E-state index contributed by atoms with van der Waals surface area (Å²) in [5, 5.41) is 3.54. The standard InChI is InChI=1S/C18H17NO5S/c1-23-14-6-7-16-12(11-24-17(16)10-14)8-18(20)19-13-4-3-5-15(9-13)25(2,21)22/h3-7,9-11H,8H2,1-2H3,(H,19,20). The second-order valence-corrected chi connectivity index (χ2v) is 7.66. The zero-order valence-corrected chi connectivity index (χ0v) is 14.6. The average Bonchev–Trinajstić information content (AvgIpc) is 2.96. The van der Waals surface area contributed by atoms with Crippen LogP contribution in [0.4, 0.5) is 5.69 Å². The van der Waals surface area contributed by atoms with Crippen LogP contribution >= 0.6 is 0 Å². The maximum Gasteiger partial charge on any atom is 0.228 e. The van der Waals surface area contributed by atoms with Gasteiger partial charge in [-0.15, -0.1) is 0 Å². The molecule has 0 spiro atoms. The summed E-state index contributed by atoms with van der Waals surface area (Å²) in [6.45, 7) is 0. The third-order valence-corrected chi connectivity index (χ3v) is 4.87. The van der Waals surface area contributed by atoms with Crippen LogP contribution in [0.3, 0.4) is 0 Å². The van der Waals surface area contributed by atoms with Crippen LogP contribution in [0.5, 0.6) is 5.75 Å². The van der Waals surface area contributed by atoms with E-state index in [9.17, 15) is 13.2 Å². The van der Waals surface area contributed by atoms with E-state index in [1.54, 1.807) is 31.4 Å². The number of hydrogen-bond donors (Lipinski definition) is 1. The Kier molecular flexibility index (Phi) is 4.50. The molecule has 0 saturated carbocycles. The number of benzene rings is 2. The van der Waals surface area contributed by atoms with Gasteiger partial charge in [-0.25, -0.2) is 8.42 Å². The van der Waals surface area contributed by atoms with Crippen molar-refractivity contribution in [2.75, 3.05) is 18.7 Å². The lowest BCUT2D eigenvalue weighted by Crippen LogP contribution is -2.14. The van der Waals surface area contributed by atoms with Crippen molar-refractivity contribution in [2.24, 2.45) is 0 Å². The Balaban J connectivity index is 1.77. The predicted molar refractivity (Wildman–Crippen MR) is 94.7 cm³/mol. The molecule has 2 aromatic carbocycles. The van der Waals surface area contributed by atoms with Crippen molar-refractivity contribution in [3.63, 3.8) is 0 Å². The lowest BCUT2D eigenvalue weighted by Gasteiger charge is -2.06. The van der Waals surface area contributed by atoms with Crippen LogP contribution in [-0.4, -0.2) is 27.7 Å². The fourth-order valence-corrected chi connectivity index (χ4v) is 3.18. The Hall–Kier alpha value is -2.80. The van der Waals surface area contributed by atoms with Gasteiger partial charge in [0.2, 0.25) is 5.91 Å². The first-order valence-corrected chi connectivity index (χ1v) is 9.40. The summed E-state index contributed by atoms with van der Waals surface area (Å²) in [5.74, 6) is 0.416. The number of methoxy groups -OCH3 is 1. The number of carbonyl (C=O) groups is 1. The zero-order chi connectivity index (χ0) is 18.0. The normalized spacial score (nSPS) is 11.4. The minimum Gasteiger partial charge on any atom is -0.497 e. The van der Waals surface area contributed by atoms with Crippen molar-refractivity contribution in [3.8, 4) is 5.75 Å². The number of fused-ring (bicyclic) bond motifs is 1. The summed E-state index contributed by atoms with van der Waals surface area (Å²) >= 11 is 0. The van der Waals surface area contributed by atoms with Gasteiger partial charge in [0.1, 0.15) is 11.3 Å². The van der Waals surface area contributed by atoms with E-state index in [1.165, 1.54) is 18.4 Å². The summed E-state index contributed by atoms with van der Waals surface area (Å²) in [6.07, 6.45) is 2.78. The van der Waals surface area contributed by atoms with Gasteiger partial charge in [0.15, 0.2) is 9.84 Å². The molecule has 0 atom stereocenters. The molecule has 1 amide bonds. The van der Waals surface area contributed by atoms with E-state index in [-0.39, 0.29) is 17.2 Å². The first kappa shape index (κ1) is 17.0. The third-order valence-electron chi connectivity index (χ3n) is 3.76. The van der Waals surface area contributed by atoms with Gasteiger partial charge >= 0.3 is 0 Å². The van der Waals surface area contributed by atoms with Gasteiger partial charge in [-0.2, -0.15) is 0 Å². The summed E-state index contributed by atoms with van der Waals surface area (Å²) < 4.78 is 33.8. The van der Waals surface area contributed by atoms with Gasteiger partial charge < -0.3 is 14.5 Å². The highest BCUT2D eigenvalue weighted by molar-refractivity contribution is 7.90. The molecule has 0 unspecified atom stereocenters. The lowest BCUT2D eigenvalue weighted by atomic mass is 10.1. The molecule has 130 valence electrons. The number of furan rings is 1. The largest absolute Gasteiger partial charge is 0.497 e. The molecule has 0 aliphatic rings. The molecule has 7 heteroatoms. The van der Waals surface area contributed by atoms with Crippen molar-refractivity contribution in [3.05, 3.63) is 54.3 Å². The van der Waals surface area contributed by atoms with Crippen LogP contribution in [-0.2, 0) is 21.1 Å². The molecular formula is C18H17NO5S. The highest BCUT2D eigenvalue weighted by Crippen LogP contribution is 2.26. The quantitative estimate of drug-likeness (QED) is 0.757. The number of sulfone groups is 1. The lowest BCUT2D eigenvalue weighted by molar-refractivity contribution is -0.115. The van der Waals surface area contributed by atoms with Crippen LogP contribution in [0.1, 0.15) is 5.56 Å². The summed E-state index contributed by atoms with van der Waals surface area (Å²) in [7, 11) is -1.75. The number of nitrogens with one attached hydrogen (secondary N) is 1. The molecule has 6 nitrogen and oxygen atoms in total. The SMILES string of the molecule is COc1ccc2c(CC(=O)Nc3cccc(S(C)(=O)=O)c3)coc2c1. The second kappa shape index (κ2) is 6.60. The third kappa shape index (κ3) is 3.83. The molecule has 1 heterocycles. The van der Waals surface area contributed by atoms with Crippen LogP contribution in [0.15, 0.2) is 58.0 Å². The van der Waals surface area contributed by atoms with Crippen molar-refractivity contribution in [1.29, 1.82) is 0 Å². The number of anilines is 1. The molecule has 25 heavy (non-hydrogen) atoms. The monoisotopic (exact) mass is 359 g/mol. The van der Waals surface area contributed by atoms with E-state index >= 15 is 0 Å². The molecule has 0 radical (unpaired) electrons. The smallest absolute Gasteiger partial charge is 0.228 e. The van der Waals surface area contributed by atoms with Gasteiger partial charge in [-0.1, -0.05) is 6.07 Å². The van der Waals surface area contributed by atoms with Gasteiger partial charge in [-0.3, -0.25) is 4.79 Å². The first-order chi connectivity index (χ1) is 11.9. The van der Waals surface area contributed by atoms with E-state index in [1.807, 2.05) is 6.07 Å². The van der Waals surface area contributed by atoms with Crippen molar-refractivity contribution in [2.45, 2.75) is 11.3 Å². The van der Waals surface area contributed by atoms with Crippen molar-refractivity contribution >= 4 is 32.4 Å². The number of ether oxygens (including phenoxy) is 1. The van der Waals surface area contributed by atoms with E-state index in [2.05, 4.69) is 5.32 Å². The predicted octanol–water partition coefficient (Wildman–Crippen LogP) is 3.03. The highest BCUT2D eigenvalue weighted by Gasteiger charge is 2.13. The fourth-order valence-electron chi connectivity index (χ4n) is 2.51. The first-order valence-electron chi connectivity index (χ1n) is 7.51. The molecule has 3 aromatic rings. The average molecular weight is 359 g/mol. The Labute approximate surface area is 145 Å². The van der Waals surface area contributed by atoms with Gasteiger partial charge in [-0.05, 0) is 30.3 Å². The van der Waals surface area contributed by atoms with E-state index in [0.29, 0.717) is 17.0 Å². The van der Waals surface area contributed by atoms with Crippen LogP contribution in [0.2, 0.25) is 0 Å². The van der Waals surface area contributed by atoms with Crippen molar-refractivity contribution in [1.82, 2.24) is 0 Å². The Morgan fingerprint density at radius 3 is 2.72 bits per heavy atom. The summed E-state index contributed by atoms with van der Waals surface area (Å²) in [6, 6.07) is 11.6. The molecule has 3 rings (SSSR count). The molecule has 0 aliphatic heterocycles. The Morgan fingerprint density at radius 1 is 1.20 bits per heavy atom. The molecule has 1 N–H and O–H groups in total. The number of amides is 1. The summed E-state index contributed by atoms with van der Waals surface area (Å²) in [4.78, 5) is 12.4.